The van der Waals surface area contributed by atoms with Crippen LogP contribution in [0.1, 0.15) is 5.56 Å². The smallest absolute Gasteiger partial charge is 0.217 e. The van der Waals surface area contributed by atoms with Crippen molar-refractivity contribution in [1.82, 2.24) is 14.8 Å². The van der Waals surface area contributed by atoms with Gasteiger partial charge in [-0.1, -0.05) is 42.5 Å². The molecule has 0 radical (unpaired) electrons. The maximum Gasteiger partial charge on any atom is 0.217 e. The Morgan fingerprint density at radius 1 is 1.05 bits per heavy atom. The Balaban J connectivity index is 1.92. The van der Waals surface area contributed by atoms with Gasteiger partial charge in [-0.3, -0.25) is 0 Å². The van der Waals surface area contributed by atoms with Gasteiger partial charge < -0.3 is 4.74 Å². The van der Waals surface area contributed by atoms with Crippen molar-refractivity contribution >= 4 is 15.9 Å². The molecule has 0 amide bonds. The quantitative estimate of drug-likeness (QED) is 0.723. The van der Waals surface area contributed by atoms with Gasteiger partial charge in [0.05, 0.1) is 13.7 Å². The summed E-state index contributed by atoms with van der Waals surface area (Å²) in [5.41, 5.74) is 2.19. The van der Waals surface area contributed by atoms with E-state index in [-0.39, 0.29) is 0 Å². The van der Waals surface area contributed by atoms with E-state index in [4.69, 9.17) is 4.74 Å². The second-order valence-corrected chi connectivity index (χ2v) is 5.29. The molecule has 0 atom stereocenters. The van der Waals surface area contributed by atoms with E-state index >= 15 is 0 Å². The van der Waals surface area contributed by atoms with Gasteiger partial charge in [0.2, 0.25) is 4.73 Å². The third-order valence-electron chi connectivity index (χ3n) is 3.17. The van der Waals surface area contributed by atoms with E-state index in [0.29, 0.717) is 11.3 Å². The Morgan fingerprint density at radius 3 is 2.43 bits per heavy atom. The Kier molecular flexibility index (Phi) is 4.01. The largest absolute Gasteiger partial charge is 0.497 e. The second kappa shape index (κ2) is 6.10. The van der Waals surface area contributed by atoms with Crippen LogP contribution in [0.25, 0.3) is 11.4 Å². The topological polar surface area (TPSA) is 39.9 Å². The van der Waals surface area contributed by atoms with Crippen LogP contribution in [-0.2, 0) is 6.54 Å². The predicted octanol–water partition coefficient (Wildman–Crippen LogP) is 3.76. The lowest BCUT2D eigenvalue weighted by atomic mass is 10.2. The number of aromatic nitrogens is 3. The van der Waals surface area contributed by atoms with E-state index in [1.165, 1.54) is 0 Å². The number of halogens is 1. The van der Waals surface area contributed by atoms with Gasteiger partial charge in [0.15, 0.2) is 5.82 Å². The summed E-state index contributed by atoms with van der Waals surface area (Å²) in [4.78, 5) is 4.45. The van der Waals surface area contributed by atoms with E-state index in [1.807, 2.05) is 59.3 Å². The van der Waals surface area contributed by atoms with Crippen LogP contribution in [0.5, 0.6) is 5.75 Å². The van der Waals surface area contributed by atoms with Gasteiger partial charge in [0.1, 0.15) is 5.75 Å². The van der Waals surface area contributed by atoms with Crippen LogP contribution in [0.2, 0.25) is 0 Å². The van der Waals surface area contributed by atoms with Gasteiger partial charge in [-0.25, -0.2) is 9.67 Å². The van der Waals surface area contributed by atoms with Gasteiger partial charge in [-0.2, -0.15) is 0 Å². The lowest BCUT2D eigenvalue weighted by Gasteiger charge is -2.07. The summed E-state index contributed by atoms with van der Waals surface area (Å²) in [6, 6.07) is 18.0. The molecule has 5 heteroatoms. The zero-order valence-electron chi connectivity index (χ0n) is 11.5. The molecule has 1 aromatic heterocycles. The highest BCUT2D eigenvalue weighted by molar-refractivity contribution is 9.10. The summed E-state index contributed by atoms with van der Waals surface area (Å²) in [7, 11) is 1.66. The first-order valence-corrected chi connectivity index (χ1v) is 7.34. The zero-order chi connectivity index (χ0) is 14.7. The molecule has 2 aromatic carbocycles. The SMILES string of the molecule is COc1ccc(Cn2nc(Br)nc2-c2ccccc2)cc1. The molecule has 0 spiro atoms. The molecular formula is C16H14BrN3O. The number of methoxy groups -OCH3 is 1. The van der Waals surface area contributed by atoms with Crippen LogP contribution in [0.4, 0.5) is 0 Å². The maximum atomic E-state index is 5.17. The van der Waals surface area contributed by atoms with Crippen molar-refractivity contribution in [2.24, 2.45) is 0 Å². The minimum Gasteiger partial charge on any atom is -0.497 e. The number of hydrogen-bond donors (Lipinski definition) is 0. The van der Waals surface area contributed by atoms with E-state index in [1.54, 1.807) is 7.11 Å². The molecular weight excluding hydrogens is 330 g/mol. The highest BCUT2D eigenvalue weighted by Crippen LogP contribution is 2.20. The molecule has 0 bridgehead atoms. The first-order chi connectivity index (χ1) is 10.3. The predicted molar refractivity (Wildman–Crippen MR) is 85.3 cm³/mol. The summed E-state index contributed by atoms with van der Waals surface area (Å²) in [6.45, 7) is 0.660. The van der Waals surface area contributed by atoms with Crippen LogP contribution in [-0.4, -0.2) is 21.9 Å². The van der Waals surface area contributed by atoms with Gasteiger partial charge >= 0.3 is 0 Å². The first-order valence-electron chi connectivity index (χ1n) is 6.55. The summed E-state index contributed by atoms with van der Waals surface area (Å²) in [5, 5.41) is 4.42. The molecule has 0 saturated heterocycles. The number of hydrogen-bond acceptors (Lipinski definition) is 3. The summed E-state index contributed by atoms with van der Waals surface area (Å²) in [5.74, 6) is 1.69. The van der Waals surface area contributed by atoms with Crippen molar-refractivity contribution in [2.75, 3.05) is 7.11 Å². The van der Waals surface area contributed by atoms with Crippen molar-refractivity contribution in [3.63, 3.8) is 0 Å². The van der Waals surface area contributed by atoms with Gasteiger partial charge in [0.25, 0.3) is 0 Å². The van der Waals surface area contributed by atoms with Gasteiger partial charge in [-0.05, 0) is 33.6 Å². The lowest BCUT2D eigenvalue weighted by molar-refractivity contribution is 0.414. The molecule has 3 aromatic rings. The molecule has 0 aliphatic rings. The average Bonchev–Trinajstić information content (AvgIpc) is 2.89. The molecule has 21 heavy (non-hydrogen) atoms. The van der Waals surface area contributed by atoms with E-state index in [0.717, 1.165) is 22.7 Å². The number of rotatable bonds is 4. The van der Waals surface area contributed by atoms with Crippen molar-refractivity contribution in [3.05, 3.63) is 64.9 Å². The highest BCUT2D eigenvalue weighted by atomic mass is 79.9. The van der Waals surface area contributed by atoms with E-state index in [9.17, 15) is 0 Å². The third kappa shape index (κ3) is 3.13. The summed E-state index contributed by atoms with van der Waals surface area (Å²) in [6.07, 6.45) is 0. The maximum absolute atomic E-state index is 5.17. The number of benzene rings is 2. The van der Waals surface area contributed by atoms with Gasteiger partial charge in [-0.15, -0.1) is 5.10 Å². The van der Waals surface area contributed by atoms with Crippen molar-refractivity contribution in [2.45, 2.75) is 6.54 Å². The average molecular weight is 344 g/mol. The number of nitrogens with zero attached hydrogens (tertiary/aromatic N) is 3. The fourth-order valence-electron chi connectivity index (χ4n) is 2.13. The Labute approximate surface area is 131 Å². The molecule has 3 rings (SSSR count). The van der Waals surface area contributed by atoms with Crippen LogP contribution in [0.3, 0.4) is 0 Å². The third-order valence-corrected chi connectivity index (χ3v) is 3.51. The normalized spacial score (nSPS) is 10.6. The van der Waals surface area contributed by atoms with Crippen LogP contribution < -0.4 is 4.74 Å². The molecule has 0 aliphatic carbocycles. The van der Waals surface area contributed by atoms with Crippen molar-refractivity contribution < 1.29 is 4.74 Å². The van der Waals surface area contributed by atoms with Crippen LogP contribution in [0, 0.1) is 0 Å². The van der Waals surface area contributed by atoms with Gasteiger partial charge in [0, 0.05) is 5.56 Å². The van der Waals surface area contributed by atoms with E-state index in [2.05, 4.69) is 26.0 Å². The minimum atomic E-state index is 0.592. The Hall–Kier alpha value is -2.14. The molecule has 0 N–H and O–H groups in total. The van der Waals surface area contributed by atoms with Crippen LogP contribution >= 0.6 is 15.9 Å². The molecule has 1 heterocycles. The molecule has 0 unspecified atom stereocenters. The molecule has 0 saturated carbocycles. The molecule has 106 valence electrons. The lowest BCUT2D eigenvalue weighted by Crippen LogP contribution is -2.04. The van der Waals surface area contributed by atoms with Crippen LogP contribution in [0.15, 0.2) is 59.3 Å². The Bertz CT molecular complexity index is 723. The monoisotopic (exact) mass is 343 g/mol. The number of ether oxygens (including phenoxy) is 1. The first kappa shape index (κ1) is 13.8. The minimum absolute atomic E-state index is 0.592. The fraction of sp³-hybridized carbons (Fsp3) is 0.125. The zero-order valence-corrected chi connectivity index (χ0v) is 13.1. The summed E-state index contributed by atoms with van der Waals surface area (Å²) >= 11 is 3.35. The van der Waals surface area contributed by atoms with Crippen molar-refractivity contribution in [3.8, 4) is 17.1 Å². The van der Waals surface area contributed by atoms with E-state index < -0.39 is 0 Å². The molecule has 0 aliphatic heterocycles. The molecule has 0 fully saturated rings. The Morgan fingerprint density at radius 2 is 1.76 bits per heavy atom. The van der Waals surface area contributed by atoms with Crippen molar-refractivity contribution in [1.29, 1.82) is 0 Å². The standard InChI is InChI=1S/C16H14BrN3O/c1-21-14-9-7-12(8-10-14)11-20-15(18-16(17)19-20)13-5-3-2-4-6-13/h2-10H,11H2,1H3. The second-order valence-electron chi connectivity index (χ2n) is 4.58. The fourth-order valence-corrected chi connectivity index (χ4v) is 2.49. The summed E-state index contributed by atoms with van der Waals surface area (Å²) < 4.78 is 7.66. The molecule has 4 nitrogen and oxygen atoms in total. The highest BCUT2D eigenvalue weighted by Gasteiger charge is 2.10.